The summed E-state index contributed by atoms with van der Waals surface area (Å²) in [5, 5.41) is 3.25. The summed E-state index contributed by atoms with van der Waals surface area (Å²) < 4.78 is 11.3. The van der Waals surface area contributed by atoms with E-state index in [0.29, 0.717) is 35.7 Å². The van der Waals surface area contributed by atoms with Gasteiger partial charge in [-0.25, -0.2) is 14.8 Å². The molecule has 0 spiro atoms. The number of fused-ring (bicyclic) bond motifs is 1. The monoisotopic (exact) mass is 615 g/mol. The highest BCUT2D eigenvalue weighted by molar-refractivity contribution is 9.10. The zero-order valence-electron chi connectivity index (χ0n) is 24.0. The molecule has 2 aromatic rings. The number of hydrogen-bond acceptors (Lipinski definition) is 9. The topological polar surface area (TPSA) is 114 Å². The number of piperazine rings is 1. The molecule has 216 valence electrons. The van der Waals surface area contributed by atoms with Crippen LogP contribution in [-0.4, -0.2) is 81.4 Å². The minimum absolute atomic E-state index is 0.105. The first-order valence-electron chi connectivity index (χ1n) is 13.7. The quantitative estimate of drug-likeness (QED) is 0.314. The van der Waals surface area contributed by atoms with Crippen LogP contribution >= 0.6 is 15.9 Å². The minimum Gasteiger partial charge on any atom is -0.497 e. The van der Waals surface area contributed by atoms with E-state index in [1.54, 1.807) is 25.9 Å². The average molecular weight is 617 g/mol. The summed E-state index contributed by atoms with van der Waals surface area (Å²) in [7, 11) is 1.61. The number of carbonyl (C=O) groups is 3. The van der Waals surface area contributed by atoms with Gasteiger partial charge in [-0.2, -0.15) is 0 Å². The maximum atomic E-state index is 14.2. The number of amides is 1. The molecule has 11 heteroatoms. The Bertz CT molecular complexity index is 1260. The Morgan fingerprint density at radius 1 is 1.10 bits per heavy atom. The number of methoxy groups -OCH3 is 1. The maximum Gasteiger partial charge on any atom is 0.410 e. The Morgan fingerprint density at radius 3 is 2.35 bits per heavy atom. The van der Waals surface area contributed by atoms with Gasteiger partial charge >= 0.3 is 6.09 Å². The van der Waals surface area contributed by atoms with Gasteiger partial charge in [0.25, 0.3) is 0 Å². The minimum atomic E-state index is -1.01. The van der Waals surface area contributed by atoms with E-state index in [1.807, 2.05) is 49.9 Å². The molecule has 3 atom stereocenters. The molecule has 1 aliphatic heterocycles. The molecule has 2 fully saturated rings. The summed E-state index contributed by atoms with van der Waals surface area (Å²) in [6.07, 6.45) is 1.43. The fourth-order valence-corrected chi connectivity index (χ4v) is 5.43. The van der Waals surface area contributed by atoms with Gasteiger partial charge in [0.1, 0.15) is 22.0 Å². The lowest BCUT2D eigenvalue weighted by molar-refractivity contribution is -0.127. The van der Waals surface area contributed by atoms with Gasteiger partial charge in [0.15, 0.2) is 17.3 Å². The van der Waals surface area contributed by atoms with E-state index in [0.717, 1.165) is 24.2 Å². The third-order valence-electron chi connectivity index (χ3n) is 7.35. The SMILES string of the molecule is CCC(=O)C(C(=O)c1nc(Br)c(C)nc1NCc1ccc(OC)cc1)N1CCN(C(=O)OC(C)(C)C)[C@H]2CC[C@@H]21. The molecule has 0 bridgehead atoms. The van der Waals surface area contributed by atoms with Crippen LogP contribution in [0.4, 0.5) is 10.6 Å². The van der Waals surface area contributed by atoms with Gasteiger partial charge in [-0.3, -0.25) is 14.5 Å². The number of ether oxygens (including phenoxy) is 2. The molecule has 10 nitrogen and oxygen atoms in total. The molecule has 2 aliphatic rings. The van der Waals surface area contributed by atoms with E-state index in [4.69, 9.17) is 9.47 Å². The van der Waals surface area contributed by atoms with E-state index in [9.17, 15) is 14.4 Å². The number of aryl methyl sites for hydroxylation is 1. The van der Waals surface area contributed by atoms with Crippen molar-refractivity contribution in [1.29, 1.82) is 0 Å². The predicted molar refractivity (Wildman–Crippen MR) is 155 cm³/mol. The van der Waals surface area contributed by atoms with E-state index in [1.165, 1.54) is 0 Å². The first-order valence-corrected chi connectivity index (χ1v) is 14.5. The fraction of sp³-hybridized carbons (Fsp3) is 0.552. The van der Waals surface area contributed by atoms with E-state index in [-0.39, 0.29) is 36.1 Å². The van der Waals surface area contributed by atoms with Crippen molar-refractivity contribution in [1.82, 2.24) is 19.8 Å². The van der Waals surface area contributed by atoms with Crippen LogP contribution in [0.15, 0.2) is 28.9 Å². The van der Waals surface area contributed by atoms with E-state index < -0.39 is 17.4 Å². The fourth-order valence-electron chi connectivity index (χ4n) is 5.17. The van der Waals surface area contributed by atoms with Crippen molar-refractivity contribution in [3.63, 3.8) is 0 Å². The molecule has 1 N–H and O–H groups in total. The molecular weight excluding hydrogens is 578 g/mol. The average Bonchev–Trinajstić information content (AvgIpc) is 2.88. The molecule has 1 aromatic heterocycles. The Morgan fingerprint density at radius 2 is 1.77 bits per heavy atom. The van der Waals surface area contributed by atoms with Gasteiger partial charge in [-0.05, 0) is 74.2 Å². The van der Waals surface area contributed by atoms with Crippen LogP contribution in [0.1, 0.15) is 68.7 Å². The van der Waals surface area contributed by atoms with Gasteiger partial charge in [0.05, 0.1) is 18.8 Å². The molecule has 40 heavy (non-hydrogen) atoms. The van der Waals surface area contributed by atoms with Crippen LogP contribution in [0, 0.1) is 6.92 Å². The number of Topliss-reactive ketones (excluding diaryl/α,β-unsaturated/α-hetero) is 2. The second-order valence-electron chi connectivity index (χ2n) is 11.2. The van der Waals surface area contributed by atoms with Crippen molar-refractivity contribution in [3.05, 3.63) is 45.8 Å². The van der Waals surface area contributed by atoms with Gasteiger partial charge in [-0.15, -0.1) is 0 Å². The Hall–Kier alpha value is -3.05. The van der Waals surface area contributed by atoms with Crippen molar-refractivity contribution in [2.45, 2.75) is 84.2 Å². The van der Waals surface area contributed by atoms with Crippen LogP contribution in [-0.2, 0) is 16.1 Å². The van der Waals surface area contributed by atoms with Crippen LogP contribution in [0.2, 0.25) is 0 Å². The van der Waals surface area contributed by atoms with Crippen molar-refractivity contribution in [2.75, 3.05) is 25.5 Å². The summed E-state index contributed by atoms with van der Waals surface area (Å²) in [5.74, 6) is 0.503. The van der Waals surface area contributed by atoms with Crippen LogP contribution in [0.25, 0.3) is 0 Å². The standard InChI is InChI=1S/C29H38BrN5O5/c1-7-22(36)24(34-14-15-35(21-13-12-20(21)34)28(38)40-29(3,4)5)25(37)23-27(32-17(2)26(30)33-23)31-16-18-8-10-19(39-6)11-9-18/h8-11,20-21,24H,7,12-16H2,1-6H3,(H,31,32)/t20-,21-,24?/m0/s1. The van der Waals surface area contributed by atoms with E-state index >= 15 is 0 Å². The van der Waals surface area contributed by atoms with Crippen LogP contribution < -0.4 is 10.1 Å². The number of hydrogen-bond donors (Lipinski definition) is 1. The number of rotatable bonds is 9. The number of ketones is 2. The number of halogens is 1. The molecule has 1 unspecified atom stereocenters. The summed E-state index contributed by atoms with van der Waals surface area (Å²) in [5.41, 5.74) is 1.11. The van der Waals surface area contributed by atoms with Crippen LogP contribution in [0.5, 0.6) is 5.75 Å². The highest BCUT2D eigenvalue weighted by Gasteiger charge is 2.50. The number of nitrogens with one attached hydrogen (secondary N) is 1. The van der Waals surface area contributed by atoms with Crippen molar-refractivity contribution >= 4 is 39.4 Å². The molecule has 2 heterocycles. The second kappa shape index (κ2) is 12.2. The van der Waals surface area contributed by atoms with Crippen molar-refractivity contribution < 1.29 is 23.9 Å². The lowest BCUT2D eigenvalue weighted by Crippen LogP contribution is -2.70. The highest BCUT2D eigenvalue weighted by Crippen LogP contribution is 2.37. The molecule has 4 rings (SSSR count). The Balaban J connectivity index is 1.59. The normalized spacial score (nSPS) is 19.7. The molecule has 1 saturated carbocycles. The molecule has 1 aromatic carbocycles. The lowest BCUT2D eigenvalue weighted by Gasteiger charge is -2.55. The lowest BCUT2D eigenvalue weighted by atomic mass is 9.80. The number of anilines is 1. The van der Waals surface area contributed by atoms with Crippen molar-refractivity contribution in [3.8, 4) is 5.75 Å². The Labute approximate surface area is 243 Å². The third kappa shape index (κ3) is 6.46. The highest BCUT2D eigenvalue weighted by atomic mass is 79.9. The summed E-state index contributed by atoms with van der Waals surface area (Å²) >= 11 is 3.42. The smallest absolute Gasteiger partial charge is 0.410 e. The molecule has 1 saturated heterocycles. The largest absolute Gasteiger partial charge is 0.497 e. The van der Waals surface area contributed by atoms with E-state index in [2.05, 4.69) is 31.2 Å². The molecule has 0 radical (unpaired) electrons. The third-order valence-corrected chi connectivity index (χ3v) is 8.11. The van der Waals surface area contributed by atoms with Gasteiger partial charge in [0, 0.05) is 32.1 Å². The molecule has 1 amide bonds. The number of nitrogens with zero attached hydrogens (tertiary/aromatic N) is 4. The summed E-state index contributed by atoms with van der Waals surface area (Å²) in [4.78, 5) is 53.2. The summed E-state index contributed by atoms with van der Waals surface area (Å²) in [6.45, 7) is 10.3. The van der Waals surface area contributed by atoms with Gasteiger partial charge in [-0.1, -0.05) is 19.1 Å². The second-order valence-corrected chi connectivity index (χ2v) is 12.0. The van der Waals surface area contributed by atoms with Gasteiger partial charge in [0.2, 0.25) is 5.78 Å². The zero-order valence-corrected chi connectivity index (χ0v) is 25.6. The van der Waals surface area contributed by atoms with Crippen LogP contribution in [0.3, 0.4) is 0 Å². The maximum absolute atomic E-state index is 14.2. The molecular formula is C29H38BrN5O5. The number of aromatic nitrogens is 2. The Kier molecular flexibility index (Phi) is 9.14. The number of carbonyl (C=O) groups excluding carboxylic acids is 3. The molecule has 1 aliphatic carbocycles. The first-order chi connectivity index (χ1) is 18.9. The first kappa shape index (κ1) is 29.9. The van der Waals surface area contributed by atoms with Crippen molar-refractivity contribution in [2.24, 2.45) is 0 Å². The van der Waals surface area contributed by atoms with Gasteiger partial charge < -0.3 is 19.7 Å². The predicted octanol–water partition coefficient (Wildman–Crippen LogP) is 4.78. The summed E-state index contributed by atoms with van der Waals surface area (Å²) in [6, 6.07) is 6.36. The number of benzene rings is 1. The zero-order chi connectivity index (χ0) is 29.2.